The van der Waals surface area contributed by atoms with Crippen LogP contribution in [-0.4, -0.2) is 11.1 Å². The highest BCUT2D eigenvalue weighted by Crippen LogP contribution is 2.28. The van der Waals surface area contributed by atoms with Gasteiger partial charge in [-0.1, -0.05) is 26.8 Å². The van der Waals surface area contributed by atoms with Crippen LogP contribution in [0.15, 0.2) is 11.6 Å². The summed E-state index contributed by atoms with van der Waals surface area (Å²) in [5, 5.41) is 8.67. The van der Waals surface area contributed by atoms with Crippen molar-refractivity contribution in [3.05, 3.63) is 11.6 Å². The molecule has 1 N–H and O–H groups in total. The Morgan fingerprint density at radius 3 is 2.08 bits per heavy atom. The summed E-state index contributed by atoms with van der Waals surface area (Å²) in [5.74, 6) is -0.817. The van der Waals surface area contributed by atoms with Crippen LogP contribution in [0.3, 0.4) is 0 Å². The van der Waals surface area contributed by atoms with Crippen LogP contribution in [0.2, 0.25) is 0 Å². The van der Waals surface area contributed by atoms with E-state index in [2.05, 4.69) is 20.8 Å². The molecule has 0 bridgehead atoms. The number of carboxylic acids is 1. The number of hydrogen-bond donors (Lipinski definition) is 1. The minimum absolute atomic E-state index is 0.0441. The molecule has 0 aliphatic heterocycles. The molecule has 0 aromatic rings. The first kappa shape index (κ1) is 11.2. The minimum atomic E-state index is -0.817. The zero-order valence-electron chi connectivity index (χ0n) is 8.35. The summed E-state index contributed by atoms with van der Waals surface area (Å²) in [6.45, 7) is 7.88. The standard InChI is InChI=1S/C10H18O2/c1-5-10(4,6-2)7-8(3)9(11)12/h7H,5-6H2,1-4H3,(H,11,12). The van der Waals surface area contributed by atoms with Crippen molar-refractivity contribution in [2.45, 2.75) is 40.5 Å². The normalized spacial score (nSPS) is 13.2. The summed E-state index contributed by atoms with van der Waals surface area (Å²) in [4.78, 5) is 10.5. The van der Waals surface area contributed by atoms with Gasteiger partial charge in [0.1, 0.15) is 0 Å². The molecule has 12 heavy (non-hydrogen) atoms. The average molecular weight is 170 g/mol. The van der Waals surface area contributed by atoms with Crippen LogP contribution in [0.4, 0.5) is 0 Å². The summed E-state index contributed by atoms with van der Waals surface area (Å²) >= 11 is 0. The van der Waals surface area contributed by atoms with Crippen LogP contribution in [-0.2, 0) is 4.79 Å². The quantitative estimate of drug-likeness (QED) is 0.659. The SMILES string of the molecule is CCC(C)(C=C(C)C(=O)O)CC. The van der Waals surface area contributed by atoms with Crippen molar-refractivity contribution in [2.24, 2.45) is 5.41 Å². The summed E-state index contributed by atoms with van der Waals surface area (Å²) in [5.41, 5.74) is 0.490. The predicted octanol–water partition coefficient (Wildman–Crippen LogP) is 2.84. The van der Waals surface area contributed by atoms with Gasteiger partial charge in [-0.2, -0.15) is 0 Å². The maximum atomic E-state index is 10.5. The first-order valence-electron chi connectivity index (χ1n) is 4.38. The third-order valence-electron chi connectivity index (χ3n) is 2.52. The second-order valence-electron chi connectivity index (χ2n) is 3.49. The molecule has 0 unspecified atom stereocenters. The van der Waals surface area contributed by atoms with E-state index in [4.69, 9.17) is 5.11 Å². The molecule has 2 heteroatoms. The van der Waals surface area contributed by atoms with E-state index in [1.54, 1.807) is 6.92 Å². The van der Waals surface area contributed by atoms with Crippen molar-refractivity contribution >= 4 is 5.97 Å². The Labute approximate surface area is 74.3 Å². The fourth-order valence-corrected chi connectivity index (χ4v) is 1.04. The van der Waals surface area contributed by atoms with Crippen LogP contribution in [0.25, 0.3) is 0 Å². The van der Waals surface area contributed by atoms with Gasteiger partial charge < -0.3 is 5.11 Å². The van der Waals surface area contributed by atoms with Crippen molar-refractivity contribution in [1.82, 2.24) is 0 Å². The number of carboxylic acid groups (broad SMARTS) is 1. The molecule has 0 saturated heterocycles. The monoisotopic (exact) mass is 170 g/mol. The van der Waals surface area contributed by atoms with Crippen LogP contribution < -0.4 is 0 Å². The van der Waals surface area contributed by atoms with Gasteiger partial charge in [-0.05, 0) is 25.2 Å². The molecule has 0 rings (SSSR count). The highest BCUT2D eigenvalue weighted by atomic mass is 16.4. The maximum Gasteiger partial charge on any atom is 0.330 e. The van der Waals surface area contributed by atoms with E-state index < -0.39 is 5.97 Å². The zero-order chi connectivity index (χ0) is 9.78. The van der Waals surface area contributed by atoms with Crippen molar-refractivity contribution in [2.75, 3.05) is 0 Å². The molecule has 0 aromatic carbocycles. The third-order valence-corrected chi connectivity index (χ3v) is 2.52. The summed E-state index contributed by atoms with van der Waals surface area (Å²) in [6.07, 6.45) is 3.82. The second kappa shape index (κ2) is 4.29. The molecular weight excluding hydrogens is 152 g/mol. The average Bonchev–Trinajstić information content (AvgIpc) is 2.04. The lowest BCUT2D eigenvalue weighted by Crippen LogP contribution is -2.12. The molecule has 0 amide bonds. The number of rotatable bonds is 4. The number of allylic oxidation sites excluding steroid dienone is 1. The van der Waals surface area contributed by atoms with Gasteiger partial charge in [0.15, 0.2) is 0 Å². The molecular formula is C10H18O2. The second-order valence-corrected chi connectivity index (χ2v) is 3.49. The Kier molecular flexibility index (Phi) is 4.01. The predicted molar refractivity (Wildman–Crippen MR) is 50.1 cm³/mol. The lowest BCUT2D eigenvalue weighted by atomic mass is 9.83. The number of aliphatic carboxylic acids is 1. The Bertz CT molecular complexity index is 188. The smallest absolute Gasteiger partial charge is 0.330 e. The van der Waals surface area contributed by atoms with Gasteiger partial charge in [-0.25, -0.2) is 4.79 Å². The molecule has 0 atom stereocenters. The highest BCUT2D eigenvalue weighted by molar-refractivity contribution is 5.85. The van der Waals surface area contributed by atoms with Gasteiger partial charge in [0.05, 0.1) is 0 Å². The molecule has 0 spiro atoms. The first-order valence-corrected chi connectivity index (χ1v) is 4.38. The van der Waals surface area contributed by atoms with Crippen molar-refractivity contribution in [3.8, 4) is 0 Å². The molecule has 0 heterocycles. The highest BCUT2D eigenvalue weighted by Gasteiger charge is 2.17. The van der Waals surface area contributed by atoms with E-state index in [0.29, 0.717) is 5.57 Å². The van der Waals surface area contributed by atoms with E-state index in [1.165, 1.54) is 0 Å². The van der Waals surface area contributed by atoms with E-state index >= 15 is 0 Å². The van der Waals surface area contributed by atoms with Crippen molar-refractivity contribution in [1.29, 1.82) is 0 Å². The molecule has 0 aliphatic rings. The molecule has 0 saturated carbocycles. The fourth-order valence-electron chi connectivity index (χ4n) is 1.04. The molecule has 70 valence electrons. The van der Waals surface area contributed by atoms with Crippen molar-refractivity contribution < 1.29 is 9.90 Å². The lowest BCUT2D eigenvalue weighted by molar-refractivity contribution is -0.132. The van der Waals surface area contributed by atoms with Gasteiger partial charge in [-0.3, -0.25) is 0 Å². The van der Waals surface area contributed by atoms with Gasteiger partial charge in [0.25, 0.3) is 0 Å². The summed E-state index contributed by atoms with van der Waals surface area (Å²) in [7, 11) is 0. The molecule has 0 aromatic heterocycles. The summed E-state index contributed by atoms with van der Waals surface area (Å²) < 4.78 is 0. The van der Waals surface area contributed by atoms with E-state index in [9.17, 15) is 4.79 Å². The Morgan fingerprint density at radius 1 is 1.42 bits per heavy atom. The topological polar surface area (TPSA) is 37.3 Å². The van der Waals surface area contributed by atoms with E-state index in [1.807, 2.05) is 6.08 Å². The Balaban J connectivity index is 4.57. The molecule has 0 fully saturated rings. The fraction of sp³-hybridized carbons (Fsp3) is 0.700. The van der Waals surface area contributed by atoms with Gasteiger partial charge in [-0.15, -0.1) is 0 Å². The lowest BCUT2D eigenvalue weighted by Gasteiger charge is -2.22. The summed E-state index contributed by atoms with van der Waals surface area (Å²) in [6, 6.07) is 0. The van der Waals surface area contributed by atoms with Gasteiger partial charge in [0, 0.05) is 5.57 Å². The van der Waals surface area contributed by atoms with E-state index in [0.717, 1.165) is 12.8 Å². The minimum Gasteiger partial charge on any atom is -0.478 e. The Hall–Kier alpha value is -0.790. The third kappa shape index (κ3) is 3.07. The Morgan fingerprint density at radius 2 is 1.83 bits per heavy atom. The van der Waals surface area contributed by atoms with Crippen LogP contribution in [0.5, 0.6) is 0 Å². The first-order chi connectivity index (χ1) is 5.45. The number of carbonyl (C=O) groups is 1. The van der Waals surface area contributed by atoms with Crippen LogP contribution in [0, 0.1) is 5.41 Å². The molecule has 2 nitrogen and oxygen atoms in total. The number of hydrogen-bond acceptors (Lipinski definition) is 1. The van der Waals surface area contributed by atoms with Gasteiger partial charge >= 0.3 is 5.97 Å². The largest absolute Gasteiger partial charge is 0.478 e. The maximum absolute atomic E-state index is 10.5. The van der Waals surface area contributed by atoms with Gasteiger partial charge in [0.2, 0.25) is 0 Å². The van der Waals surface area contributed by atoms with Crippen molar-refractivity contribution in [3.63, 3.8) is 0 Å². The molecule has 0 radical (unpaired) electrons. The zero-order valence-corrected chi connectivity index (χ0v) is 8.35. The van der Waals surface area contributed by atoms with Crippen LogP contribution in [0.1, 0.15) is 40.5 Å². The molecule has 0 aliphatic carbocycles. The van der Waals surface area contributed by atoms with E-state index in [-0.39, 0.29) is 5.41 Å². The van der Waals surface area contributed by atoms with Crippen LogP contribution >= 0.6 is 0 Å².